The molecule has 0 amide bonds. The van der Waals surface area contributed by atoms with Crippen molar-refractivity contribution in [2.75, 3.05) is 6.54 Å². The molecule has 1 aromatic heterocycles. The largest absolute Gasteiger partial charge is 0.361 e. The summed E-state index contributed by atoms with van der Waals surface area (Å²) in [5, 5.41) is 7.60. The lowest BCUT2D eigenvalue weighted by molar-refractivity contribution is 0.621. The molecule has 0 atom stereocenters. The van der Waals surface area contributed by atoms with Crippen molar-refractivity contribution in [3.05, 3.63) is 30.1 Å². The van der Waals surface area contributed by atoms with Gasteiger partial charge in [0.1, 0.15) is 0 Å². The zero-order valence-electron chi connectivity index (χ0n) is 9.47. The van der Waals surface area contributed by atoms with Crippen molar-refractivity contribution in [3.63, 3.8) is 0 Å². The van der Waals surface area contributed by atoms with Crippen LogP contribution in [0.3, 0.4) is 0 Å². The minimum Gasteiger partial charge on any atom is -0.361 e. The second kappa shape index (κ2) is 6.90. The first-order valence-corrected chi connectivity index (χ1v) is 5.56. The van der Waals surface area contributed by atoms with Crippen molar-refractivity contribution in [3.8, 4) is 0 Å². The normalized spacial score (nSPS) is 10.7. The minimum atomic E-state index is 0.536. The fourth-order valence-corrected chi connectivity index (χ4v) is 1.09. The summed E-state index contributed by atoms with van der Waals surface area (Å²) < 4.78 is 0. The van der Waals surface area contributed by atoms with Gasteiger partial charge in [0.25, 0.3) is 0 Å². The summed E-state index contributed by atoms with van der Waals surface area (Å²) in [6.07, 6.45) is 5.13. The van der Waals surface area contributed by atoms with E-state index in [-0.39, 0.29) is 0 Å². The van der Waals surface area contributed by atoms with Crippen LogP contribution < -0.4 is 10.7 Å². The van der Waals surface area contributed by atoms with Crippen LogP contribution in [0.1, 0.15) is 19.4 Å². The summed E-state index contributed by atoms with van der Waals surface area (Å²) >= 11 is 5.04. The molecule has 0 aromatic carbocycles. The number of hydrogen-bond donors (Lipinski definition) is 2. The molecule has 5 heteroatoms. The zero-order chi connectivity index (χ0) is 11.8. The van der Waals surface area contributed by atoms with E-state index in [0.717, 1.165) is 12.1 Å². The van der Waals surface area contributed by atoms with Crippen LogP contribution in [0.5, 0.6) is 0 Å². The van der Waals surface area contributed by atoms with Gasteiger partial charge < -0.3 is 5.32 Å². The molecule has 0 unspecified atom stereocenters. The zero-order valence-corrected chi connectivity index (χ0v) is 10.3. The molecule has 16 heavy (non-hydrogen) atoms. The second-order valence-corrected chi connectivity index (χ2v) is 4.17. The third-order valence-corrected chi connectivity index (χ3v) is 1.97. The average Bonchev–Trinajstić information content (AvgIpc) is 2.28. The van der Waals surface area contributed by atoms with Crippen molar-refractivity contribution in [2.45, 2.75) is 13.8 Å². The van der Waals surface area contributed by atoms with Crippen LogP contribution >= 0.6 is 12.2 Å². The van der Waals surface area contributed by atoms with E-state index in [1.807, 2.05) is 12.1 Å². The molecule has 0 radical (unpaired) electrons. The van der Waals surface area contributed by atoms with Gasteiger partial charge in [-0.2, -0.15) is 5.10 Å². The van der Waals surface area contributed by atoms with Gasteiger partial charge in [0, 0.05) is 24.5 Å². The molecule has 0 aliphatic carbocycles. The van der Waals surface area contributed by atoms with E-state index in [2.05, 4.69) is 34.7 Å². The number of pyridine rings is 1. The van der Waals surface area contributed by atoms with E-state index < -0.39 is 0 Å². The fraction of sp³-hybridized carbons (Fsp3) is 0.364. The highest BCUT2D eigenvalue weighted by atomic mass is 32.1. The van der Waals surface area contributed by atoms with E-state index in [9.17, 15) is 0 Å². The molecule has 1 aromatic rings. The summed E-state index contributed by atoms with van der Waals surface area (Å²) in [5.74, 6) is 0.557. The lowest BCUT2D eigenvalue weighted by Crippen LogP contribution is -2.34. The van der Waals surface area contributed by atoms with Gasteiger partial charge in [-0.25, -0.2) is 0 Å². The maximum absolute atomic E-state index is 5.04. The molecule has 2 N–H and O–H groups in total. The van der Waals surface area contributed by atoms with Gasteiger partial charge in [0.15, 0.2) is 5.11 Å². The topological polar surface area (TPSA) is 49.3 Å². The van der Waals surface area contributed by atoms with Gasteiger partial charge >= 0.3 is 0 Å². The molecule has 4 nitrogen and oxygen atoms in total. The standard InChI is InChI=1S/C11H16N4S/c1-9(2)6-13-11(16)15-14-8-10-4-3-5-12-7-10/h3-5,7-9H,6H2,1-2H3,(H2,13,15,16)/b14-8+. The maximum Gasteiger partial charge on any atom is 0.186 e. The first-order chi connectivity index (χ1) is 7.68. The Balaban J connectivity index is 2.29. The lowest BCUT2D eigenvalue weighted by atomic mass is 10.2. The Morgan fingerprint density at radius 1 is 1.62 bits per heavy atom. The van der Waals surface area contributed by atoms with Crippen molar-refractivity contribution in [1.82, 2.24) is 15.7 Å². The predicted molar refractivity (Wildman–Crippen MR) is 70.4 cm³/mol. The number of hydrogen-bond acceptors (Lipinski definition) is 3. The third kappa shape index (κ3) is 5.41. The van der Waals surface area contributed by atoms with Crippen molar-refractivity contribution in [1.29, 1.82) is 0 Å². The molecular weight excluding hydrogens is 220 g/mol. The van der Waals surface area contributed by atoms with Gasteiger partial charge in [-0.05, 0) is 24.2 Å². The van der Waals surface area contributed by atoms with E-state index >= 15 is 0 Å². The van der Waals surface area contributed by atoms with Gasteiger partial charge in [-0.3, -0.25) is 10.4 Å². The number of hydrazone groups is 1. The first-order valence-electron chi connectivity index (χ1n) is 5.15. The summed E-state index contributed by atoms with van der Waals surface area (Å²) in [6.45, 7) is 5.08. The highest BCUT2D eigenvalue weighted by Gasteiger charge is 1.95. The molecular formula is C11H16N4S. The van der Waals surface area contributed by atoms with E-state index in [1.54, 1.807) is 18.6 Å². The van der Waals surface area contributed by atoms with Gasteiger partial charge in [0.2, 0.25) is 0 Å². The van der Waals surface area contributed by atoms with Crippen LogP contribution in [0.15, 0.2) is 29.6 Å². The van der Waals surface area contributed by atoms with E-state index in [0.29, 0.717) is 11.0 Å². The summed E-state index contributed by atoms with van der Waals surface area (Å²) in [4.78, 5) is 3.97. The van der Waals surface area contributed by atoms with Gasteiger partial charge in [-0.15, -0.1) is 0 Å². The predicted octanol–water partition coefficient (Wildman–Crippen LogP) is 1.54. The third-order valence-electron chi connectivity index (χ3n) is 1.73. The number of nitrogens with zero attached hydrogens (tertiary/aromatic N) is 2. The van der Waals surface area contributed by atoms with E-state index in [4.69, 9.17) is 12.2 Å². The SMILES string of the molecule is CC(C)CNC(=S)N/N=C/c1cccnc1. The molecule has 1 heterocycles. The molecule has 0 bridgehead atoms. The number of aromatic nitrogens is 1. The molecule has 1 rings (SSSR count). The van der Waals surface area contributed by atoms with Crippen LogP contribution in [0.25, 0.3) is 0 Å². The van der Waals surface area contributed by atoms with Crippen molar-refractivity contribution >= 4 is 23.5 Å². The lowest BCUT2D eigenvalue weighted by Gasteiger charge is -2.08. The maximum atomic E-state index is 5.04. The minimum absolute atomic E-state index is 0.536. The van der Waals surface area contributed by atoms with Crippen LogP contribution in [0.4, 0.5) is 0 Å². The highest BCUT2D eigenvalue weighted by Crippen LogP contribution is 1.90. The molecule has 0 saturated heterocycles. The van der Waals surface area contributed by atoms with Crippen LogP contribution in [0.2, 0.25) is 0 Å². The van der Waals surface area contributed by atoms with Crippen molar-refractivity contribution in [2.24, 2.45) is 11.0 Å². The summed E-state index contributed by atoms with van der Waals surface area (Å²) in [6, 6.07) is 3.78. The van der Waals surface area contributed by atoms with Gasteiger partial charge in [-0.1, -0.05) is 19.9 Å². The molecule has 86 valence electrons. The average molecular weight is 236 g/mol. The molecule has 0 aliphatic heterocycles. The Morgan fingerprint density at radius 2 is 2.44 bits per heavy atom. The second-order valence-electron chi connectivity index (χ2n) is 3.76. The molecule has 0 spiro atoms. The quantitative estimate of drug-likeness (QED) is 0.473. The van der Waals surface area contributed by atoms with Crippen molar-refractivity contribution < 1.29 is 0 Å². The van der Waals surface area contributed by atoms with Crippen LogP contribution in [-0.2, 0) is 0 Å². The fourth-order valence-electron chi connectivity index (χ4n) is 0.954. The summed E-state index contributed by atoms with van der Waals surface area (Å²) in [7, 11) is 0. The Kier molecular flexibility index (Phi) is 5.42. The number of thiocarbonyl (C=S) groups is 1. The van der Waals surface area contributed by atoms with Crippen LogP contribution in [-0.4, -0.2) is 22.9 Å². The summed E-state index contributed by atoms with van der Waals surface area (Å²) in [5.41, 5.74) is 3.68. The highest BCUT2D eigenvalue weighted by molar-refractivity contribution is 7.80. The monoisotopic (exact) mass is 236 g/mol. The smallest absolute Gasteiger partial charge is 0.186 e. The molecule has 0 aliphatic rings. The Labute approximate surface area is 101 Å². The Bertz CT molecular complexity index is 348. The molecule has 0 fully saturated rings. The first kappa shape index (κ1) is 12.6. The molecule has 0 saturated carbocycles. The van der Waals surface area contributed by atoms with Gasteiger partial charge in [0.05, 0.1) is 6.21 Å². The Morgan fingerprint density at radius 3 is 3.06 bits per heavy atom. The number of rotatable bonds is 4. The number of nitrogens with one attached hydrogen (secondary N) is 2. The van der Waals surface area contributed by atoms with E-state index in [1.165, 1.54) is 0 Å². The van der Waals surface area contributed by atoms with Crippen LogP contribution in [0, 0.1) is 5.92 Å². The Hall–Kier alpha value is -1.49.